The first-order valence-corrected chi connectivity index (χ1v) is 12.7. The highest BCUT2D eigenvalue weighted by Gasteiger charge is 2.35. The minimum absolute atomic E-state index is 0.0728. The SMILES string of the molecule is O=C(NCc1ccc(Oc2cccnc2)c(F)c1)C1CCCN(C2=NS(=O)(=O)c3ccccc32)C1. The van der Waals surface area contributed by atoms with Crippen molar-refractivity contribution in [3.05, 3.63) is 83.9 Å². The summed E-state index contributed by atoms with van der Waals surface area (Å²) in [4.78, 5) is 18.9. The van der Waals surface area contributed by atoms with Gasteiger partial charge < -0.3 is 15.0 Å². The molecular weight excluding hydrogens is 471 g/mol. The Morgan fingerprint density at radius 1 is 1.17 bits per heavy atom. The second kappa shape index (κ2) is 9.46. The summed E-state index contributed by atoms with van der Waals surface area (Å²) in [5, 5.41) is 2.87. The van der Waals surface area contributed by atoms with Crippen molar-refractivity contribution < 1.29 is 22.3 Å². The number of aromatic nitrogens is 1. The van der Waals surface area contributed by atoms with Crippen LogP contribution < -0.4 is 10.1 Å². The average Bonchev–Trinajstić information content (AvgIpc) is 3.16. The summed E-state index contributed by atoms with van der Waals surface area (Å²) in [7, 11) is -3.72. The quantitative estimate of drug-likeness (QED) is 0.583. The van der Waals surface area contributed by atoms with Gasteiger partial charge in [-0.3, -0.25) is 9.78 Å². The minimum Gasteiger partial charge on any atom is -0.453 e. The van der Waals surface area contributed by atoms with Crippen LogP contribution in [0.15, 0.2) is 76.3 Å². The molecule has 0 radical (unpaired) electrons. The van der Waals surface area contributed by atoms with Crippen molar-refractivity contribution in [2.45, 2.75) is 24.3 Å². The molecule has 3 aromatic rings. The van der Waals surface area contributed by atoms with Crippen LogP contribution in [-0.2, 0) is 21.4 Å². The number of hydrogen-bond donors (Lipinski definition) is 1. The molecule has 2 aromatic carbocycles. The number of amidine groups is 1. The number of carbonyl (C=O) groups is 1. The Morgan fingerprint density at radius 2 is 2.03 bits per heavy atom. The van der Waals surface area contributed by atoms with Crippen LogP contribution in [0.1, 0.15) is 24.0 Å². The topological polar surface area (TPSA) is 101 Å². The second-order valence-electron chi connectivity index (χ2n) is 8.44. The molecule has 8 nitrogen and oxygen atoms in total. The highest BCUT2D eigenvalue weighted by atomic mass is 32.2. The van der Waals surface area contributed by atoms with E-state index in [0.717, 1.165) is 6.42 Å². The number of nitrogens with zero attached hydrogens (tertiary/aromatic N) is 3. The molecule has 0 aliphatic carbocycles. The Bertz CT molecular complexity index is 1400. The van der Waals surface area contributed by atoms with Gasteiger partial charge in [0.1, 0.15) is 10.6 Å². The average molecular weight is 495 g/mol. The zero-order valence-corrected chi connectivity index (χ0v) is 19.5. The lowest BCUT2D eigenvalue weighted by Gasteiger charge is -2.33. The molecule has 1 atom stereocenters. The van der Waals surface area contributed by atoms with E-state index in [0.29, 0.717) is 42.2 Å². The van der Waals surface area contributed by atoms with Gasteiger partial charge in [-0.15, -0.1) is 4.40 Å². The van der Waals surface area contributed by atoms with Gasteiger partial charge in [0.15, 0.2) is 17.4 Å². The van der Waals surface area contributed by atoms with Crippen molar-refractivity contribution in [3.63, 3.8) is 0 Å². The van der Waals surface area contributed by atoms with E-state index in [-0.39, 0.29) is 29.0 Å². The van der Waals surface area contributed by atoms with Gasteiger partial charge in [0.25, 0.3) is 10.0 Å². The maximum absolute atomic E-state index is 14.5. The Labute approximate surface area is 202 Å². The van der Waals surface area contributed by atoms with Crippen LogP contribution in [0.2, 0.25) is 0 Å². The first-order valence-electron chi connectivity index (χ1n) is 11.2. The second-order valence-corrected chi connectivity index (χ2v) is 10.0. The number of pyridine rings is 1. The van der Waals surface area contributed by atoms with E-state index in [2.05, 4.69) is 14.7 Å². The molecule has 1 fully saturated rings. The van der Waals surface area contributed by atoms with E-state index in [1.54, 1.807) is 48.7 Å². The molecule has 180 valence electrons. The Kier molecular flexibility index (Phi) is 6.21. The van der Waals surface area contributed by atoms with E-state index >= 15 is 0 Å². The number of benzene rings is 2. The molecule has 5 rings (SSSR count). The summed E-state index contributed by atoms with van der Waals surface area (Å²) in [6.45, 7) is 1.15. The van der Waals surface area contributed by atoms with Gasteiger partial charge >= 0.3 is 0 Å². The summed E-state index contributed by atoms with van der Waals surface area (Å²) in [5.41, 5.74) is 1.17. The first kappa shape index (κ1) is 23.0. The molecule has 0 saturated carbocycles. The maximum atomic E-state index is 14.5. The number of nitrogens with one attached hydrogen (secondary N) is 1. The summed E-state index contributed by atoms with van der Waals surface area (Å²) in [6.07, 6.45) is 4.50. The van der Waals surface area contributed by atoms with Crippen molar-refractivity contribution in [3.8, 4) is 11.5 Å². The molecule has 0 bridgehead atoms. The van der Waals surface area contributed by atoms with E-state index in [4.69, 9.17) is 4.74 Å². The predicted molar refractivity (Wildman–Crippen MR) is 127 cm³/mol. The van der Waals surface area contributed by atoms with Crippen LogP contribution in [0.3, 0.4) is 0 Å². The Morgan fingerprint density at radius 3 is 2.83 bits per heavy atom. The minimum atomic E-state index is -3.72. The molecule has 35 heavy (non-hydrogen) atoms. The van der Waals surface area contributed by atoms with Crippen LogP contribution in [0.5, 0.6) is 11.5 Å². The zero-order chi connectivity index (χ0) is 24.4. The molecule has 1 saturated heterocycles. The van der Waals surface area contributed by atoms with E-state index in [9.17, 15) is 17.6 Å². The normalized spacial score (nSPS) is 18.5. The largest absolute Gasteiger partial charge is 0.453 e. The van der Waals surface area contributed by atoms with Gasteiger partial charge in [-0.25, -0.2) is 4.39 Å². The molecule has 1 unspecified atom stereocenters. The summed E-state index contributed by atoms with van der Waals surface area (Å²) < 4.78 is 48.8. The van der Waals surface area contributed by atoms with Crippen LogP contribution in [0.25, 0.3) is 0 Å². The fourth-order valence-corrected chi connectivity index (χ4v) is 5.53. The lowest BCUT2D eigenvalue weighted by Crippen LogP contribution is -2.45. The smallest absolute Gasteiger partial charge is 0.285 e. The number of hydrogen-bond acceptors (Lipinski definition) is 6. The van der Waals surface area contributed by atoms with Crippen LogP contribution in [-0.4, -0.2) is 43.1 Å². The molecule has 1 N–H and O–H groups in total. The van der Waals surface area contributed by atoms with E-state index in [1.807, 2.05) is 4.90 Å². The maximum Gasteiger partial charge on any atom is 0.285 e. The third-order valence-electron chi connectivity index (χ3n) is 6.03. The molecule has 1 aromatic heterocycles. The number of ether oxygens (including phenoxy) is 1. The third kappa shape index (κ3) is 4.88. The number of fused-ring (bicyclic) bond motifs is 1. The molecule has 2 aliphatic rings. The fraction of sp³-hybridized carbons (Fsp3) is 0.240. The highest BCUT2D eigenvalue weighted by Crippen LogP contribution is 2.30. The number of sulfonamides is 1. The van der Waals surface area contributed by atoms with Crippen molar-refractivity contribution in [1.29, 1.82) is 0 Å². The zero-order valence-electron chi connectivity index (χ0n) is 18.7. The summed E-state index contributed by atoms with van der Waals surface area (Å²) >= 11 is 0. The standard InChI is InChI=1S/C25H23FN4O4S/c26-21-13-17(9-10-22(21)34-19-6-3-11-27-15-19)14-28-25(31)18-5-4-12-30(16-18)24-20-7-1-2-8-23(20)35(32,33)29-24/h1-3,6-11,13,15,18H,4-5,12,14,16H2,(H,28,31). The number of rotatable bonds is 5. The fourth-order valence-electron chi connectivity index (χ4n) is 4.31. The van der Waals surface area contributed by atoms with Gasteiger partial charge in [-0.1, -0.05) is 18.2 Å². The predicted octanol–water partition coefficient (Wildman–Crippen LogP) is 3.49. The van der Waals surface area contributed by atoms with Gasteiger partial charge in [0.05, 0.1) is 12.1 Å². The monoisotopic (exact) mass is 494 g/mol. The van der Waals surface area contributed by atoms with Crippen LogP contribution >= 0.6 is 0 Å². The van der Waals surface area contributed by atoms with Crippen molar-refractivity contribution in [1.82, 2.24) is 15.2 Å². The van der Waals surface area contributed by atoms with Gasteiger partial charge in [0.2, 0.25) is 5.91 Å². The van der Waals surface area contributed by atoms with Crippen molar-refractivity contribution in [2.75, 3.05) is 13.1 Å². The summed E-state index contributed by atoms with van der Waals surface area (Å²) in [5.74, 6) is -0.145. The van der Waals surface area contributed by atoms with E-state index in [1.165, 1.54) is 18.3 Å². The Balaban J connectivity index is 1.21. The third-order valence-corrected chi connectivity index (χ3v) is 7.35. The first-order chi connectivity index (χ1) is 16.9. The lowest BCUT2D eigenvalue weighted by atomic mass is 9.96. The highest BCUT2D eigenvalue weighted by molar-refractivity contribution is 7.90. The number of piperidine rings is 1. The molecule has 2 aliphatic heterocycles. The van der Waals surface area contributed by atoms with Crippen LogP contribution in [0.4, 0.5) is 4.39 Å². The van der Waals surface area contributed by atoms with Gasteiger partial charge in [-0.05, 0) is 54.8 Å². The molecule has 10 heteroatoms. The molecular formula is C25H23FN4O4S. The summed E-state index contributed by atoms with van der Waals surface area (Å²) in [6, 6.07) is 14.6. The Hall–Kier alpha value is -3.79. The number of halogens is 1. The molecule has 1 amide bonds. The number of amides is 1. The molecule has 3 heterocycles. The van der Waals surface area contributed by atoms with Gasteiger partial charge in [0, 0.05) is 31.4 Å². The number of carbonyl (C=O) groups excluding carboxylic acids is 1. The van der Waals surface area contributed by atoms with Crippen molar-refractivity contribution >= 4 is 21.8 Å². The van der Waals surface area contributed by atoms with E-state index < -0.39 is 15.8 Å². The van der Waals surface area contributed by atoms with Gasteiger partial charge in [-0.2, -0.15) is 8.42 Å². The van der Waals surface area contributed by atoms with Crippen molar-refractivity contribution in [2.24, 2.45) is 10.3 Å². The number of likely N-dealkylation sites (tertiary alicyclic amines) is 1. The lowest BCUT2D eigenvalue weighted by molar-refractivity contribution is -0.126. The van der Waals surface area contributed by atoms with Crippen LogP contribution in [0, 0.1) is 11.7 Å². The molecule has 0 spiro atoms.